The summed E-state index contributed by atoms with van der Waals surface area (Å²) in [7, 11) is 0. The van der Waals surface area contributed by atoms with Gasteiger partial charge in [-0.3, -0.25) is 24.3 Å². The van der Waals surface area contributed by atoms with E-state index in [-0.39, 0.29) is 42.1 Å². The number of hydrogen-bond acceptors (Lipinski definition) is 6. The van der Waals surface area contributed by atoms with Crippen LogP contribution in [0, 0.1) is 5.82 Å². The average Bonchev–Trinajstić information content (AvgIpc) is 2.97. The van der Waals surface area contributed by atoms with Crippen molar-refractivity contribution in [2.24, 2.45) is 0 Å². The number of phenols is 1. The molecule has 0 aliphatic carbocycles. The Morgan fingerprint density at radius 2 is 1.55 bits per heavy atom. The minimum absolute atomic E-state index is 0.0170. The third-order valence-corrected chi connectivity index (χ3v) is 8.45. The smallest absolute Gasteiger partial charge is 0.317 e. The first-order valence-corrected chi connectivity index (χ1v) is 14.5. The number of aromatic hydroxyl groups is 1. The molecule has 0 bridgehead atoms. The Morgan fingerprint density at radius 3 is 2.21 bits per heavy atom. The molecule has 222 valence electrons. The molecule has 2 fully saturated rings. The van der Waals surface area contributed by atoms with Crippen LogP contribution in [-0.4, -0.2) is 99.6 Å². The molecule has 2 N–H and O–H groups in total. The predicted octanol–water partition coefficient (Wildman–Crippen LogP) is 4.06. The van der Waals surface area contributed by atoms with E-state index >= 15 is 0 Å². The molecule has 3 aromatic rings. The third-order valence-electron chi connectivity index (χ3n) is 8.45. The van der Waals surface area contributed by atoms with Gasteiger partial charge in [0.05, 0.1) is 12.6 Å². The number of hydrogen-bond donors (Lipinski definition) is 2. The molecule has 5 rings (SSSR count). The van der Waals surface area contributed by atoms with Crippen molar-refractivity contribution in [3.63, 3.8) is 0 Å². The molecule has 2 heterocycles. The summed E-state index contributed by atoms with van der Waals surface area (Å²) >= 11 is 0. The van der Waals surface area contributed by atoms with Crippen LogP contribution in [0.1, 0.15) is 46.9 Å². The van der Waals surface area contributed by atoms with Crippen molar-refractivity contribution in [2.75, 3.05) is 45.8 Å². The highest BCUT2D eigenvalue weighted by atomic mass is 19.1. The van der Waals surface area contributed by atoms with E-state index in [4.69, 9.17) is 5.11 Å². The number of amides is 1. The summed E-state index contributed by atoms with van der Waals surface area (Å²) in [5, 5.41) is 19.5. The number of benzene rings is 3. The lowest BCUT2D eigenvalue weighted by atomic mass is 9.92. The maximum Gasteiger partial charge on any atom is 0.317 e. The van der Waals surface area contributed by atoms with Gasteiger partial charge in [0.2, 0.25) is 0 Å². The largest absolute Gasteiger partial charge is 0.508 e. The molecule has 0 radical (unpaired) electrons. The lowest BCUT2D eigenvalue weighted by molar-refractivity contribution is -0.138. The van der Waals surface area contributed by atoms with E-state index in [0.717, 1.165) is 36.3 Å². The molecule has 3 atom stereocenters. The molecule has 1 amide bonds. The maximum absolute atomic E-state index is 13.5. The van der Waals surface area contributed by atoms with Gasteiger partial charge in [0.15, 0.2) is 0 Å². The molecule has 42 heavy (non-hydrogen) atoms. The highest BCUT2D eigenvalue weighted by molar-refractivity contribution is 5.94. The summed E-state index contributed by atoms with van der Waals surface area (Å²) in [6.07, 6.45) is 0. The second kappa shape index (κ2) is 13.0. The molecule has 9 heteroatoms. The summed E-state index contributed by atoms with van der Waals surface area (Å²) in [5.74, 6) is -0.966. The first kappa shape index (κ1) is 29.7. The van der Waals surface area contributed by atoms with Gasteiger partial charge < -0.3 is 15.1 Å². The van der Waals surface area contributed by atoms with Gasteiger partial charge in [-0.25, -0.2) is 4.39 Å². The quantitative estimate of drug-likeness (QED) is 0.420. The average molecular weight is 575 g/mol. The van der Waals surface area contributed by atoms with E-state index in [1.165, 1.54) is 12.1 Å². The third kappa shape index (κ3) is 6.98. The van der Waals surface area contributed by atoms with Gasteiger partial charge in [-0.1, -0.05) is 36.4 Å². The van der Waals surface area contributed by atoms with Crippen LogP contribution in [0.5, 0.6) is 5.75 Å². The van der Waals surface area contributed by atoms with Gasteiger partial charge in [-0.2, -0.15) is 0 Å². The first-order chi connectivity index (χ1) is 20.2. The van der Waals surface area contributed by atoms with Crippen molar-refractivity contribution < 1.29 is 24.2 Å². The number of carbonyl (C=O) groups excluding carboxylic acids is 1. The van der Waals surface area contributed by atoms with E-state index in [2.05, 4.69) is 23.6 Å². The fourth-order valence-electron chi connectivity index (χ4n) is 6.22. The van der Waals surface area contributed by atoms with Crippen molar-refractivity contribution in [1.29, 1.82) is 0 Å². The fourth-order valence-corrected chi connectivity index (χ4v) is 6.22. The lowest BCUT2D eigenvalue weighted by Crippen LogP contribution is -2.56. The Balaban J connectivity index is 1.38. The summed E-state index contributed by atoms with van der Waals surface area (Å²) in [4.78, 5) is 33.1. The number of rotatable bonds is 8. The molecule has 0 saturated carbocycles. The standard InChI is InChI=1S/C33H39FN4O4/c1-23-20-38(24(2)19-37(23)21-25-9-11-29(34)12-10-25)32(27-6-4-8-30(39)18-27)26-5-3-7-28(17-26)33(42)36-15-13-35(14-16-36)22-31(40)41/h3-12,17-18,23-24,32,39H,13-16,19-22H2,1-2H3,(H,40,41)/t23-,24+,32?/m1/s1. The Kier molecular flexibility index (Phi) is 9.21. The van der Waals surface area contributed by atoms with Crippen LogP contribution in [0.2, 0.25) is 0 Å². The predicted molar refractivity (Wildman–Crippen MR) is 159 cm³/mol. The topological polar surface area (TPSA) is 87.6 Å². The summed E-state index contributed by atoms with van der Waals surface area (Å²) < 4.78 is 13.5. The van der Waals surface area contributed by atoms with Gasteiger partial charge in [0.1, 0.15) is 11.6 Å². The zero-order valence-electron chi connectivity index (χ0n) is 24.2. The van der Waals surface area contributed by atoms with Crippen LogP contribution in [0.25, 0.3) is 0 Å². The zero-order chi connectivity index (χ0) is 29.8. The summed E-state index contributed by atoms with van der Waals surface area (Å²) in [5.41, 5.74) is 3.60. The number of phenolic OH excluding ortho intramolecular Hbond substituents is 1. The van der Waals surface area contributed by atoms with Crippen LogP contribution < -0.4 is 0 Å². The zero-order valence-corrected chi connectivity index (χ0v) is 24.2. The Morgan fingerprint density at radius 1 is 0.881 bits per heavy atom. The fraction of sp³-hybridized carbons (Fsp3) is 0.394. The molecule has 0 spiro atoms. The Labute approximate surface area is 246 Å². The van der Waals surface area contributed by atoms with Crippen molar-refractivity contribution in [1.82, 2.24) is 19.6 Å². The monoisotopic (exact) mass is 574 g/mol. The van der Waals surface area contributed by atoms with E-state index in [9.17, 15) is 19.1 Å². The summed E-state index contributed by atoms with van der Waals surface area (Å²) in [6.45, 7) is 8.73. The van der Waals surface area contributed by atoms with Gasteiger partial charge in [0, 0.05) is 63.5 Å². The van der Waals surface area contributed by atoms with Crippen LogP contribution in [0.15, 0.2) is 72.8 Å². The van der Waals surface area contributed by atoms with E-state index in [0.29, 0.717) is 31.7 Å². The number of piperazine rings is 2. The highest BCUT2D eigenvalue weighted by Crippen LogP contribution is 2.35. The molecule has 0 aromatic heterocycles. The van der Waals surface area contributed by atoms with Gasteiger partial charge in [-0.15, -0.1) is 0 Å². The van der Waals surface area contributed by atoms with Crippen molar-refractivity contribution in [2.45, 2.75) is 38.5 Å². The molecule has 1 unspecified atom stereocenters. The molecular formula is C33H39FN4O4. The van der Waals surface area contributed by atoms with Crippen LogP contribution >= 0.6 is 0 Å². The van der Waals surface area contributed by atoms with Gasteiger partial charge >= 0.3 is 5.97 Å². The minimum atomic E-state index is -0.861. The number of halogens is 1. The Bertz CT molecular complexity index is 1390. The number of carboxylic acids is 1. The molecule has 3 aromatic carbocycles. The number of carbonyl (C=O) groups is 2. The maximum atomic E-state index is 13.5. The second-order valence-corrected chi connectivity index (χ2v) is 11.5. The minimum Gasteiger partial charge on any atom is -0.508 e. The molecule has 2 aliphatic rings. The Hall–Kier alpha value is -3.79. The molecule has 2 aliphatic heterocycles. The number of nitrogens with zero attached hydrogens (tertiary/aromatic N) is 4. The number of aliphatic carboxylic acids is 1. The highest BCUT2D eigenvalue weighted by Gasteiger charge is 2.35. The van der Waals surface area contributed by atoms with Crippen molar-refractivity contribution >= 4 is 11.9 Å². The SMILES string of the molecule is C[C@@H]1CN(C(c2cccc(O)c2)c2cccc(C(=O)N3CCN(CC(=O)O)CC3)c2)[C@@H](C)CN1Cc1ccc(F)cc1. The van der Waals surface area contributed by atoms with Gasteiger partial charge in [0.25, 0.3) is 5.91 Å². The number of carboxylic acid groups (broad SMARTS) is 1. The first-order valence-electron chi connectivity index (χ1n) is 14.5. The van der Waals surface area contributed by atoms with E-state index in [1.54, 1.807) is 17.0 Å². The van der Waals surface area contributed by atoms with Gasteiger partial charge in [-0.05, 0) is 66.9 Å². The van der Waals surface area contributed by atoms with E-state index in [1.807, 2.05) is 53.4 Å². The second-order valence-electron chi connectivity index (χ2n) is 11.5. The van der Waals surface area contributed by atoms with E-state index < -0.39 is 5.97 Å². The van der Waals surface area contributed by atoms with Crippen LogP contribution in [0.3, 0.4) is 0 Å². The van der Waals surface area contributed by atoms with Crippen LogP contribution in [0.4, 0.5) is 4.39 Å². The van der Waals surface area contributed by atoms with Crippen molar-refractivity contribution in [3.8, 4) is 5.75 Å². The van der Waals surface area contributed by atoms with Crippen molar-refractivity contribution in [3.05, 3.63) is 101 Å². The molecule has 2 saturated heterocycles. The normalized spacial score (nSPS) is 21.3. The molecular weight excluding hydrogens is 535 g/mol. The molecule has 8 nitrogen and oxygen atoms in total. The van der Waals surface area contributed by atoms with Crippen LogP contribution in [-0.2, 0) is 11.3 Å². The lowest BCUT2D eigenvalue weighted by Gasteiger charge is -2.47. The summed E-state index contributed by atoms with van der Waals surface area (Å²) in [6, 6.07) is 22.0.